The maximum atomic E-state index is 5.45. The average molecular weight is 285 g/mol. The van der Waals surface area contributed by atoms with Crippen molar-refractivity contribution < 1.29 is 9.47 Å². The second kappa shape index (κ2) is 5.56. The highest BCUT2D eigenvalue weighted by Crippen LogP contribution is 2.33. The highest BCUT2D eigenvalue weighted by atomic mass is 28.3. The van der Waals surface area contributed by atoms with E-state index < -0.39 is 8.07 Å². The van der Waals surface area contributed by atoms with E-state index in [1.54, 1.807) is 20.4 Å². The molecule has 0 aliphatic carbocycles. The second-order valence-electron chi connectivity index (χ2n) is 5.55. The van der Waals surface area contributed by atoms with Gasteiger partial charge in [0.25, 0.3) is 0 Å². The first kappa shape index (κ1) is 14.4. The van der Waals surface area contributed by atoms with Gasteiger partial charge in [0.2, 0.25) is 0 Å². The van der Waals surface area contributed by atoms with Crippen molar-refractivity contribution in [2.24, 2.45) is 0 Å². The fourth-order valence-electron chi connectivity index (χ4n) is 1.91. The average Bonchev–Trinajstić information content (AvgIpc) is 2.42. The topological polar surface area (TPSA) is 31.4 Å². The van der Waals surface area contributed by atoms with E-state index in [-0.39, 0.29) is 0 Å². The lowest BCUT2D eigenvalue weighted by molar-refractivity contribution is 0.409. The first-order chi connectivity index (χ1) is 9.46. The van der Waals surface area contributed by atoms with Crippen LogP contribution in [0.3, 0.4) is 0 Å². The van der Waals surface area contributed by atoms with Gasteiger partial charge in [-0.3, -0.25) is 4.98 Å². The van der Waals surface area contributed by atoms with E-state index in [0.717, 1.165) is 28.0 Å². The van der Waals surface area contributed by atoms with Crippen LogP contribution in [-0.4, -0.2) is 27.3 Å². The Morgan fingerprint density at radius 1 is 1.00 bits per heavy atom. The largest absolute Gasteiger partial charge is 0.496 e. The summed E-state index contributed by atoms with van der Waals surface area (Å²) < 4.78 is 10.8. The lowest BCUT2D eigenvalue weighted by Gasteiger charge is -2.10. The summed E-state index contributed by atoms with van der Waals surface area (Å²) in [5.74, 6) is 4.80. The minimum absolute atomic E-state index is 0.734. The molecule has 0 N–H and O–H groups in total. The molecule has 0 fully saturated rings. The molecule has 2 rings (SSSR count). The number of hydrogen-bond acceptors (Lipinski definition) is 3. The zero-order chi connectivity index (χ0) is 14.8. The first-order valence-corrected chi connectivity index (χ1v) is 9.99. The first-order valence-electron chi connectivity index (χ1n) is 6.49. The van der Waals surface area contributed by atoms with Gasteiger partial charge in [0, 0.05) is 11.8 Å². The standard InChI is InChI=1S/C16H19NO2Si/c1-18-13-6-7-14(19-2)16-15(13)12(8-10-17-16)9-11-20(3,4)5/h6-8,10H,1-5H3. The third-order valence-electron chi connectivity index (χ3n) is 2.83. The van der Waals surface area contributed by atoms with E-state index in [9.17, 15) is 0 Å². The molecule has 0 atom stereocenters. The van der Waals surface area contributed by atoms with Crippen LogP contribution in [-0.2, 0) is 0 Å². The molecule has 1 aromatic carbocycles. The van der Waals surface area contributed by atoms with Gasteiger partial charge >= 0.3 is 0 Å². The molecular formula is C16H19NO2Si. The smallest absolute Gasteiger partial charge is 0.145 e. The maximum absolute atomic E-state index is 5.45. The minimum atomic E-state index is -1.43. The Balaban J connectivity index is 2.75. The molecule has 2 aromatic rings. The third-order valence-corrected chi connectivity index (χ3v) is 3.70. The Hall–Kier alpha value is -1.99. The lowest BCUT2D eigenvalue weighted by Crippen LogP contribution is -2.16. The van der Waals surface area contributed by atoms with Gasteiger partial charge in [-0.15, -0.1) is 5.54 Å². The van der Waals surface area contributed by atoms with Gasteiger partial charge in [-0.1, -0.05) is 25.6 Å². The van der Waals surface area contributed by atoms with Gasteiger partial charge in [-0.05, 0) is 18.2 Å². The van der Waals surface area contributed by atoms with E-state index in [2.05, 4.69) is 36.1 Å². The number of methoxy groups -OCH3 is 2. The second-order valence-corrected chi connectivity index (χ2v) is 10.3. The van der Waals surface area contributed by atoms with Gasteiger partial charge in [0.1, 0.15) is 25.1 Å². The maximum Gasteiger partial charge on any atom is 0.145 e. The molecule has 0 aliphatic rings. The van der Waals surface area contributed by atoms with E-state index in [0.29, 0.717) is 0 Å². The Morgan fingerprint density at radius 3 is 2.25 bits per heavy atom. The van der Waals surface area contributed by atoms with Gasteiger partial charge < -0.3 is 9.47 Å². The zero-order valence-electron chi connectivity index (χ0n) is 12.6. The van der Waals surface area contributed by atoms with Crippen LogP contribution in [0.2, 0.25) is 19.6 Å². The molecule has 0 amide bonds. The molecule has 0 spiro atoms. The number of fused-ring (bicyclic) bond motifs is 1. The summed E-state index contributed by atoms with van der Waals surface area (Å²) in [6, 6.07) is 5.68. The van der Waals surface area contributed by atoms with Gasteiger partial charge in [-0.25, -0.2) is 0 Å². The Bertz CT molecular complexity index is 693. The number of hydrogen-bond donors (Lipinski definition) is 0. The molecular weight excluding hydrogens is 266 g/mol. The van der Waals surface area contributed by atoms with E-state index in [1.807, 2.05) is 18.2 Å². The molecule has 0 radical (unpaired) electrons. The number of benzene rings is 1. The molecule has 0 saturated carbocycles. The van der Waals surface area contributed by atoms with Gasteiger partial charge in [-0.2, -0.15) is 0 Å². The van der Waals surface area contributed by atoms with Crippen molar-refractivity contribution in [1.82, 2.24) is 4.98 Å². The molecule has 0 unspecified atom stereocenters. The molecule has 20 heavy (non-hydrogen) atoms. The number of aromatic nitrogens is 1. The van der Waals surface area contributed by atoms with Crippen LogP contribution in [0.1, 0.15) is 5.56 Å². The summed E-state index contributed by atoms with van der Waals surface area (Å²) in [4.78, 5) is 4.40. The van der Waals surface area contributed by atoms with Crippen LogP contribution in [0.4, 0.5) is 0 Å². The van der Waals surface area contributed by atoms with Crippen LogP contribution in [0, 0.1) is 11.5 Å². The van der Waals surface area contributed by atoms with Crippen molar-refractivity contribution in [2.45, 2.75) is 19.6 Å². The molecule has 0 bridgehead atoms. The summed E-state index contributed by atoms with van der Waals surface area (Å²) in [6.07, 6.45) is 1.76. The fraction of sp³-hybridized carbons (Fsp3) is 0.312. The quantitative estimate of drug-likeness (QED) is 0.625. The van der Waals surface area contributed by atoms with Crippen molar-refractivity contribution in [3.8, 4) is 23.0 Å². The highest BCUT2D eigenvalue weighted by molar-refractivity contribution is 6.83. The number of pyridine rings is 1. The third kappa shape index (κ3) is 2.94. The zero-order valence-corrected chi connectivity index (χ0v) is 13.6. The monoisotopic (exact) mass is 285 g/mol. The molecule has 104 valence electrons. The van der Waals surface area contributed by atoms with Crippen molar-refractivity contribution >= 4 is 19.0 Å². The summed E-state index contributed by atoms with van der Waals surface area (Å²) in [5.41, 5.74) is 5.11. The normalized spacial score (nSPS) is 10.8. The van der Waals surface area contributed by atoms with E-state index in [1.165, 1.54) is 0 Å². The number of rotatable bonds is 2. The summed E-state index contributed by atoms with van der Waals surface area (Å²) in [7, 11) is 1.87. The molecule has 0 saturated heterocycles. The van der Waals surface area contributed by atoms with Crippen molar-refractivity contribution in [3.05, 3.63) is 30.0 Å². The van der Waals surface area contributed by atoms with Crippen LogP contribution in [0.5, 0.6) is 11.5 Å². The number of nitrogens with zero attached hydrogens (tertiary/aromatic N) is 1. The van der Waals surface area contributed by atoms with E-state index in [4.69, 9.17) is 9.47 Å². The molecule has 1 aromatic heterocycles. The van der Waals surface area contributed by atoms with Gasteiger partial charge in [0.05, 0.1) is 19.6 Å². The summed E-state index contributed by atoms with van der Waals surface area (Å²) in [6.45, 7) is 6.67. The predicted molar refractivity (Wildman–Crippen MR) is 85.1 cm³/mol. The predicted octanol–water partition coefficient (Wildman–Crippen LogP) is 3.48. The van der Waals surface area contributed by atoms with Crippen LogP contribution >= 0.6 is 0 Å². The Morgan fingerprint density at radius 2 is 1.65 bits per heavy atom. The van der Waals surface area contributed by atoms with E-state index >= 15 is 0 Å². The number of ether oxygens (including phenoxy) is 2. The van der Waals surface area contributed by atoms with Gasteiger partial charge in [0.15, 0.2) is 0 Å². The summed E-state index contributed by atoms with van der Waals surface area (Å²) in [5, 5.41) is 0.917. The highest BCUT2D eigenvalue weighted by Gasteiger charge is 2.12. The Kier molecular flexibility index (Phi) is 4.00. The fourth-order valence-corrected chi connectivity index (χ4v) is 2.42. The molecule has 0 aliphatic heterocycles. The van der Waals surface area contributed by atoms with Crippen LogP contribution in [0.25, 0.3) is 10.9 Å². The molecule has 3 nitrogen and oxygen atoms in total. The van der Waals surface area contributed by atoms with Crippen LogP contribution in [0.15, 0.2) is 24.4 Å². The Labute approximate surface area is 120 Å². The summed E-state index contributed by atoms with van der Waals surface area (Å²) >= 11 is 0. The SMILES string of the molecule is COc1ccc(OC)c2c(C#C[Si](C)(C)C)ccnc12. The van der Waals surface area contributed by atoms with Crippen molar-refractivity contribution in [3.63, 3.8) is 0 Å². The molecule has 1 heterocycles. The molecule has 4 heteroatoms. The lowest BCUT2D eigenvalue weighted by atomic mass is 10.1. The van der Waals surface area contributed by atoms with Crippen molar-refractivity contribution in [2.75, 3.05) is 14.2 Å². The minimum Gasteiger partial charge on any atom is -0.496 e. The van der Waals surface area contributed by atoms with Crippen molar-refractivity contribution in [1.29, 1.82) is 0 Å². The van der Waals surface area contributed by atoms with Crippen LogP contribution < -0.4 is 9.47 Å².